The van der Waals surface area contributed by atoms with E-state index >= 15 is 0 Å². The Labute approximate surface area is 173 Å². The number of benzene rings is 1. The first-order valence-electron chi connectivity index (χ1n) is 8.77. The molecule has 11 heteroatoms. The van der Waals surface area contributed by atoms with E-state index in [4.69, 9.17) is 0 Å². The Morgan fingerprint density at radius 1 is 0.839 bits per heavy atom. The van der Waals surface area contributed by atoms with Gasteiger partial charge in [0.05, 0.1) is 27.5 Å². The lowest BCUT2D eigenvalue weighted by Crippen LogP contribution is -2.11. The minimum absolute atomic E-state index is 0.00354. The molecule has 0 spiro atoms. The maximum absolute atomic E-state index is 13.1. The standard InChI is InChI=1S/C20H14F6N2O2S/c1-2-31(29,30)17-4-3-7-27-18(17)16-6-5-12(11-28-16)13-8-14(19(21,22)23)10-15(9-13)20(24,25)26/h3-11H,2H2,1H3. The first-order valence-corrected chi connectivity index (χ1v) is 10.4. The normalized spacial score (nSPS) is 12.7. The van der Waals surface area contributed by atoms with Crippen LogP contribution in [0.2, 0.25) is 0 Å². The largest absolute Gasteiger partial charge is 0.416 e. The van der Waals surface area contributed by atoms with Gasteiger partial charge in [0.25, 0.3) is 0 Å². The van der Waals surface area contributed by atoms with Gasteiger partial charge in [-0.15, -0.1) is 0 Å². The zero-order valence-electron chi connectivity index (χ0n) is 15.8. The second-order valence-electron chi connectivity index (χ2n) is 6.48. The van der Waals surface area contributed by atoms with Gasteiger partial charge < -0.3 is 0 Å². The maximum atomic E-state index is 13.1. The van der Waals surface area contributed by atoms with Crippen molar-refractivity contribution in [1.29, 1.82) is 0 Å². The number of pyridine rings is 2. The Morgan fingerprint density at radius 2 is 1.45 bits per heavy atom. The van der Waals surface area contributed by atoms with E-state index in [1.165, 1.54) is 37.4 Å². The third kappa shape index (κ3) is 4.87. The van der Waals surface area contributed by atoms with Crippen LogP contribution in [0.25, 0.3) is 22.5 Å². The highest BCUT2D eigenvalue weighted by molar-refractivity contribution is 7.91. The number of hydrogen-bond donors (Lipinski definition) is 0. The molecule has 0 fully saturated rings. The molecule has 0 N–H and O–H groups in total. The summed E-state index contributed by atoms with van der Waals surface area (Å²) in [5, 5.41) is 0. The van der Waals surface area contributed by atoms with Gasteiger partial charge in [0, 0.05) is 18.0 Å². The summed E-state index contributed by atoms with van der Waals surface area (Å²) in [5.74, 6) is -0.186. The second kappa shape index (κ2) is 7.95. The van der Waals surface area contributed by atoms with Crippen LogP contribution >= 0.6 is 0 Å². The van der Waals surface area contributed by atoms with E-state index in [1.54, 1.807) is 0 Å². The Kier molecular flexibility index (Phi) is 5.83. The van der Waals surface area contributed by atoms with Crippen molar-refractivity contribution in [1.82, 2.24) is 9.97 Å². The van der Waals surface area contributed by atoms with Crippen LogP contribution in [0.3, 0.4) is 0 Å². The summed E-state index contributed by atoms with van der Waals surface area (Å²) in [6.45, 7) is 1.45. The Bertz CT molecular complexity index is 1170. The van der Waals surface area contributed by atoms with Gasteiger partial charge in [0.1, 0.15) is 5.69 Å². The Hall–Kier alpha value is -2.95. The highest BCUT2D eigenvalue weighted by atomic mass is 32.2. The molecule has 0 unspecified atom stereocenters. The van der Waals surface area contributed by atoms with Crippen LogP contribution in [0, 0.1) is 0 Å². The molecule has 0 atom stereocenters. The molecule has 0 aliphatic carbocycles. The van der Waals surface area contributed by atoms with Gasteiger partial charge in [-0.25, -0.2) is 8.42 Å². The average molecular weight is 460 g/mol. The minimum atomic E-state index is -4.97. The molecule has 2 aromatic heterocycles. The topological polar surface area (TPSA) is 59.9 Å². The van der Waals surface area contributed by atoms with Crippen LogP contribution in [-0.2, 0) is 22.2 Å². The van der Waals surface area contributed by atoms with Gasteiger partial charge in [0.2, 0.25) is 0 Å². The maximum Gasteiger partial charge on any atom is 0.416 e. The van der Waals surface area contributed by atoms with Crippen LogP contribution < -0.4 is 0 Å². The van der Waals surface area contributed by atoms with Crippen molar-refractivity contribution in [3.63, 3.8) is 0 Å². The molecule has 0 aliphatic rings. The number of alkyl halides is 6. The first-order chi connectivity index (χ1) is 14.3. The molecule has 31 heavy (non-hydrogen) atoms. The van der Waals surface area contributed by atoms with Crippen molar-refractivity contribution in [2.75, 3.05) is 5.75 Å². The van der Waals surface area contributed by atoms with E-state index < -0.39 is 33.3 Å². The summed E-state index contributed by atoms with van der Waals surface area (Å²) in [6.07, 6.45) is -7.52. The summed E-state index contributed by atoms with van der Waals surface area (Å²) in [6, 6.07) is 6.57. The van der Waals surface area contributed by atoms with E-state index in [0.29, 0.717) is 12.1 Å². The molecule has 0 bridgehead atoms. The molecule has 0 saturated carbocycles. The molecule has 0 amide bonds. The SMILES string of the molecule is CCS(=O)(=O)c1cccnc1-c1ccc(-c2cc(C(F)(F)F)cc(C(F)(F)F)c2)cn1. The fourth-order valence-corrected chi connectivity index (χ4v) is 3.86. The lowest BCUT2D eigenvalue weighted by Gasteiger charge is -2.14. The molecule has 1 aromatic carbocycles. The molecule has 0 radical (unpaired) electrons. The van der Waals surface area contributed by atoms with Crippen LogP contribution in [-0.4, -0.2) is 24.1 Å². The number of nitrogens with zero attached hydrogens (tertiary/aromatic N) is 2. The van der Waals surface area contributed by atoms with Gasteiger partial charge >= 0.3 is 12.4 Å². The van der Waals surface area contributed by atoms with Gasteiger partial charge in [-0.2, -0.15) is 26.3 Å². The van der Waals surface area contributed by atoms with Crippen molar-refractivity contribution in [3.05, 3.63) is 66.0 Å². The predicted molar refractivity (Wildman–Crippen MR) is 101 cm³/mol. The lowest BCUT2D eigenvalue weighted by atomic mass is 10.00. The number of sulfone groups is 1. The summed E-state index contributed by atoms with van der Waals surface area (Å²) < 4.78 is 103. The fourth-order valence-electron chi connectivity index (χ4n) is 2.82. The van der Waals surface area contributed by atoms with Crippen LogP contribution in [0.1, 0.15) is 18.1 Å². The zero-order valence-corrected chi connectivity index (χ0v) is 16.6. The quantitative estimate of drug-likeness (QED) is 0.473. The third-order valence-corrected chi connectivity index (χ3v) is 6.17. The van der Waals surface area contributed by atoms with Crippen molar-refractivity contribution >= 4 is 9.84 Å². The van der Waals surface area contributed by atoms with E-state index in [9.17, 15) is 34.8 Å². The zero-order chi connectivity index (χ0) is 23.0. The van der Waals surface area contributed by atoms with E-state index in [2.05, 4.69) is 9.97 Å². The highest BCUT2D eigenvalue weighted by Crippen LogP contribution is 2.38. The summed E-state index contributed by atoms with van der Waals surface area (Å²) >= 11 is 0. The molecule has 4 nitrogen and oxygen atoms in total. The molecule has 0 saturated heterocycles. The molecule has 164 valence electrons. The number of rotatable bonds is 4. The molecule has 2 heterocycles. The average Bonchev–Trinajstić information content (AvgIpc) is 2.72. The van der Waals surface area contributed by atoms with E-state index in [0.717, 1.165) is 6.20 Å². The van der Waals surface area contributed by atoms with Gasteiger partial charge in [-0.05, 0) is 42.0 Å². The first kappa shape index (κ1) is 22.7. The van der Waals surface area contributed by atoms with Crippen molar-refractivity contribution in [2.24, 2.45) is 0 Å². The van der Waals surface area contributed by atoms with Crippen molar-refractivity contribution < 1.29 is 34.8 Å². The lowest BCUT2D eigenvalue weighted by molar-refractivity contribution is -0.143. The Balaban J connectivity index is 2.10. The monoisotopic (exact) mass is 460 g/mol. The predicted octanol–water partition coefficient (Wildman–Crippen LogP) is 5.64. The van der Waals surface area contributed by atoms with Crippen molar-refractivity contribution in [2.45, 2.75) is 24.2 Å². The molecule has 3 rings (SSSR count). The van der Waals surface area contributed by atoms with Gasteiger partial charge in [0.15, 0.2) is 9.84 Å². The summed E-state index contributed by atoms with van der Waals surface area (Å²) in [5.41, 5.74) is -3.07. The summed E-state index contributed by atoms with van der Waals surface area (Å²) in [7, 11) is -3.64. The van der Waals surface area contributed by atoms with Gasteiger partial charge in [-0.1, -0.05) is 13.0 Å². The number of hydrogen-bond acceptors (Lipinski definition) is 4. The molecule has 0 aliphatic heterocycles. The highest BCUT2D eigenvalue weighted by Gasteiger charge is 2.37. The number of aromatic nitrogens is 2. The van der Waals surface area contributed by atoms with Crippen LogP contribution in [0.5, 0.6) is 0 Å². The fraction of sp³-hybridized carbons (Fsp3) is 0.200. The Morgan fingerprint density at radius 3 is 1.94 bits per heavy atom. The van der Waals surface area contributed by atoms with Crippen LogP contribution in [0.15, 0.2) is 59.8 Å². The molecule has 3 aromatic rings. The minimum Gasteiger partial charge on any atom is -0.254 e. The van der Waals surface area contributed by atoms with Crippen molar-refractivity contribution in [3.8, 4) is 22.5 Å². The second-order valence-corrected chi connectivity index (χ2v) is 8.73. The summed E-state index contributed by atoms with van der Waals surface area (Å²) in [4.78, 5) is 7.97. The molecular formula is C20H14F6N2O2S. The van der Waals surface area contributed by atoms with E-state index in [1.807, 2.05) is 0 Å². The van der Waals surface area contributed by atoms with Gasteiger partial charge in [-0.3, -0.25) is 9.97 Å². The number of halogens is 6. The molecular weight excluding hydrogens is 446 g/mol. The van der Waals surface area contributed by atoms with E-state index in [-0.39, 0.29) is 39.2 Å². The third-order valence-electron chi connectivity index (χ3n) is 4.41. The van der Waals surface area contributed by atoms with Crippen LogP contribution in [0.4, 0.5) is 26.3 Å². The smallest absolute Gasteiger partial charge is 0.254 e.